The van der Waals surface area contributed by atoms with Gasteiger partial charge in [0.25, 0.3) is 0 Å². The third-order valence-electron chi connectivity index (χ3n) is 27.2. The highest BCUT2D eigenvalue weighted by Gasteiger charge is 2.22. The van der Waals surface area contributed by atoms with Crippen LogP contribution in [0.4, 0.5) is 0 Å². The van der Waals surface area contributed by atoms with E-state index in [2.05, 4.69) is 187 Å². The maximum absolute atomic E-state index is 7.57. The zero-order valence-corrected chi connectivity index (χ0v) is 81.0. The molecule has 10 aromatic carbocycles. The first-order chi connectivity index (χ1) is 62.5. The lowest BCUT2D eigenvalue weighted by molar-refractivity contribution is 0.261. The lowest BCUT2D eigenvalue weighted by Crippen LogP contribution is -2.04. The highest BCUT2D eigenvalue weighted by Crippen LogP contribution is 2.48. The number of ether oxygens (including phenoxy) is 6. The van der Waals surface area contributed by atoms with Crippen LogP contribution in [0.25, 0.3) is 97.0 Å². The summed E-state index contributed by atoms with van der Waals surface area (Å²) in [5.74, 6) is 4.97. The second kappa shape index (κ2) is 62.0. The van der Waals surface area contributed by atoms with Crippen molar-refractivity contribution in [2.75, 3.05) is 39.6 Å². The van der Waals surface area contributed by atoms with Crippen molar-refractivity contribution < 1.29 is 28.4 Å². The summed E-state index contributed by atoms with van der Waals surface area (Å²) < 4.78 is 44.5. The van der Waals surface area contributed by atoms with Crippen LogP contribution in [-0.2, 0) is 0 Å². The van der Waals surface area contributed by atoms with Crippen LogP contribution in [0.2, 0.25) is 0 Å². The van der Waals surface area contributed by atoms with Crippen LogP contribution in [0.1, 0.15) is 427 Å². The van der Waals surface area contributed by atoms with E-state index in [-0.39, 0.29) is 0 Å². The Morgan fingerprint density at radius 3 is 0.500 bits per heavy atom. The second-order valence-electron chi connectivity index (χ2n) is 37.9. The highest BCUT2D eigenvalue weighted by atomic mass is 16.5. The molecule has 6 nitrogen and oxygen atoms in total. The molecule has 690 valence electrons. The molecule has 0 aliphatic rings. The minimum absolute atomic E-state index is 0.598. The Bertz CT molecular complexity index is 4780. The second-order valence-corrected chi connectivity index (χ2v) is 37.9. The number of fused-ring (bicyclic) bond motifs is 12. The number of rotatable bonds is 72. The van der Waals surface area contributed by atoms with E-state index in [0.29, 0.717) is 39.6 Å². The number of hydrogen-bond acceptors (Lipinski definition) is 6. The van der Waals surface area contributed by atoms with Gasteiger partial charge in [-0.2, -0.15) is 0 Å². The van der Waals surface area contributed by atoms with Gasteiger partial charge < -0.3 is 28.4 Å². The van der Waals surface area contributed by atoms with Crippen LogP contribution in [0.3, 0.4) is 0 Å². The molecule has 0 aliphatic heterocycles. The van der Waals surface area contributed by atoms with Crippen LogP contribution in [0, 0.1) is 0 Å². The average Bonchev–Trinajstić information content (AvgIpc) is 0.719. The Kier molecular flexibility index (Phi) is 49.5. The van der Waals surface area contributed by atoms with E-state index < -0.39 is 0 Å². The zero-order chi connectivity index (χ0) is 87.7. The molecule has 0 aromatic heterocycles. The van der Waals surface area contributed by atoms with Crippen molar-refractivity contribution >= 4 is 97.0 Å². The molecule has 0 amide bonds. The quantitative estimate of drug-likeness (QED) is 0.0280. The third kappa shape index (κ3) is 33.8. The van der Waals surface area contributed by atoms with Gasteiger partial charge in [-0.3, -0.25) is 0 Å². The van der Waals surface area contributed by atoms with Crippen LogP contribution in [-0.4, -0.2) is 39.6 Å². The molecule has 0 unspecified atom stereocenters. The molecule has 0 saturated carbocycles. The minimum Gasteiger partial charge on any atom is -0.490 e. The topological polar surface area (TPSA) is 55.4 Å². The van der Waals surface area contributed by atoms with Crippen LogP contribution >= 0.6 is 0 Å². The molecule has 0 spiro atoms. The van der Waals surface area contributed by atoms with Gasteiger partial charge in [0.2, 0.25) is 0 Å². The van der Waals surface area contributed by atoms with Gasteiger partial charge in [0.05, 0.1) is 39.6 Å². The molecule has 0 aliphatic carbocycles. The first-order valence-corrected chi connectivity index (χ1v) is 53.4. The Labute approximate surface area is 767 Å². The predicted molar refractivity (Wildman–Crippen MR) is 554 cm³/mol. The summed E-state index contributed by atoms with van der Waals surface area (Å²) in [6.07, 6.45) is 76.0. The third-order valence-corrected chi connectivity index (χ3v) is 27.2. The van der Waals surface area contributed by atoms with Gasteiger partial charge in [0.1, 0.15) is 0 Å². The maximum Gasteiger partial charge on any atom is 0.169 e. The van der Waals surface area contributed by atoms with Crippen molar-refractivity contribution in [3.63, 3.8) is 0 Å². The lowest BCUT2D eigenvalue weighted by Gasteiger charge is -2.19. The molecular weight excluding hydrogens is 1540 g/mol. The standard InChI is InChI=1S/C120H174O6/c1-7-13-19-25-31-37-43-49-55-67-85-121-115-94-112-103-76-64-61-73-100(103)97-79-80-98-92-110-107(119(125-89-71-59-53-47-41-35-29-23-17-11-5)116(95-113(110)104-77-65-62-74-101(98)104)122-86-68-56-50-44-38-32-26-20-14-8-2)83-84-108-111-93-99(81-82-106(109(112)91-97)118(115)124-88-70-58-52-46-40-34-28-22-16-10-4)102-75-63-66-78-105(102)114(111)96-117(123-87-69-57-51-45-39-33-27-21-15-9-3)120(108)126-90-72-60-54-48-42-36-30-24-18-12-6/h61-66,73-84,91-96H,7-60,67-72,85-90H2,1-6H3. The molecule has 126 heavy (non-hydrogen) atoms. The lowest BCUT2D eigenvalue weighted by atomic mass is 9.94. The molecule has 0 saturated heterocycles. The number of benzene rings is 9. The summed E-state index contributed by atoms with van der Waals surface area (Å²) in [5.41, 5.74) is 0. The Morgan fingerprint density at radius 1 is 0.135 bits per heavy atom. The first-order valence-electron chi connectivity index (χ1n) is 53.4. The van der Waals surface area contributed by atoms with Gasteiger partial charge in [-0.05, 0) is 174 Å². The van der Waals surface area contributed by atoms with Crippen molar-refractivity contribution in [1.29, 1.82) is 0 Å². The Morgan fingerprint density at radius 2 is 0.294 bits per heavy atom. The number of unbranched alkanes of at least 4 members (excludes halogenated alkanes) is 54. The van der Waals surface area contributed by atoms with E-state index in [1.807, 2.05) is 0 Å². The SMILES string of the molecule is CCCCCCCCCCCCOc1cc2c3cc(ccc4cc5c(ccc6c(OCCCCCCCCCCCC)c(OCCCCCCCCCCCC)cc7c6cc(ccc3c1OCCCCCCCCCCCC)c1ccccc17)c(OCCCCCCCCCCCC)c(OCCCCCCCCCCCC)cc5c1ccccc41)c1ccccc12. The largest absolute Gasteiger partial charge is 0.490 e. The summed E-state index contributed by atoms with van der Waals surface area (Å²) in [5, 5.41) is 20.6. The summed E-state index contributed by atoms with van der Waals surface area (Å²) in [6, 6.07) is 56.3. The van der Waals surface area contributed by atoms with Crippen molar-refractivity contribution in [3.8, 4) is 34.5 Å². The van der Waals surface area contributed by atoms with Crippen molar-refractivity contribution in [3.05, 3.63) is 146 Å². The first kappa shape index (κ1) is 101. The van der Waals surface area contributed by atoms with Crippen LogP contribution in [0.5, 0.6) is 34.5 Å². The maximum atomic E-state index is 7.57. The predicted octanol–water partition coefficient (Wildman–Crippen LogP) is 39.6. The molecule has 0 radical (unpaired) electrons. The van der Waals surface area contributed by atoms with E-state index in [1.54, 1.807) is 0 Å². The smallest absolute Gasteiger partial charge is 0.169 e. The molecule has 0 N–H and O–H groups in total. The fraction of sp³-hybridized carbons (Fsp3) is 0.600. The van der Waals surface area contributed by atoms with E-state index in [0.717, 1.165) is 171 Å². The van der Waals surface area contributed by atoms with E-state index in [4.69, 9.17) is 28.4 Å². The van der Waals surface area contributed by atoms with Crippen LogP contribution < -0.4 is 28.4 Å². The molecule has 0 fully saturated rings. The Balaban J connectivity index is 1.21. The summed E-state index contributed by atoms with van der Waals surface area (Å²) in [6.45, 7) is 17.6. The van der Waals surface area contributed by atoms with Gasteiger partial charge in [-0.25, -0.2) is 0 Å². The van der Waals surface area contributed by atoms with Crippen LogP contribution in [0.15, 0.2) is 146 Å². The van der Waals surface area contributed by atoms with E-state index in [9.17, 15) is 0 Å². The zero-order valence-electron chi connectivity index (χ0n) is 81.0. The molecule has 0 heterocycles. The molecule has 0 atom stereocenters. The molecular formula is C120H174O6. The summed E-state index contributed by atoms with van der Waals surface area (Å²) >= 11 is 0. The molecule has 10 aromatic rings. The normalized spacial score (nSPS) is 11.8. The summed E-state index contributed by atoms with van der Waals surface area (Å²) in [7, 11) is 0. The van der Waals surface area contributed by atoms with E-state index in [1.165, 1.54) is 346 Å². The fourth-order valence-electron chi connectivity index (χ4n) is 19.6. The Hall–Kier alpha value is -7.44. The van der Waals surface area contributed by atoms with Gasteiger partial charge >= 0.3 is 0 Å². The van der Waals surface area contributed by atoms with Gasteiger partial charge in [-0.1, -0.05) is 479 Å². The van der Waals surface area contributed by atoms with Crippen molar-refractivity contribution in [1.82, 2.24) is 0 Å². The highest BCUT2D eigenvalue weighted by molar-refractivity contribution is 6.24. The molecule has 10 rings (SSSR count). The average molecular weight is 1710 g/mol. The minimum atomic E-state index is 0.598. The fourth-order valence-corrected chi connectivity index (χ4v) is 19.6. The molecule has 6 bridgehead atoms. The monoisotopic (exact) mass is 1710 g/mol. The summed E-state index contributed by atoms with van der Waals surface area (Å²) in [4.78, 5) is 0. The number of hydrogen-bond donors (Lipinski definition) is 0. The van der Waals surface area contributed by atoms with Gasteiger partial charge in [-0.15, -0.1) is 0 Å². The van der Waals surface area contributed by atoms with E-state index >= 15 is 0 Å². The van der Waals surface area contributed by atoms with Gasteiger partial charge in [0, 0.05) is 16.2 Å². The van der Waals surface area contributed by atoms with Crippen molar-refractivity contribution in [2.45, 2.75) is 427 Å². The van der Waals surface area contributed by atoms with Crippen molar-refractivity contribution in [2.24, 2.45) is 0 Å². The molecule has 6 heteroatoms. The van der Waals surface area contributed by atoms with Gasteiger partial charge in [0.15, 0.2) is 34.5 Å².